The molecule has 0 spiro atoms. The third kappa shape index (κ3) is 2.47. The van der Waals surface area contributed by atoms with Crippen LogP contribution in [0.2, 0.25) is 0 Å². The molecule has 2 aliphatic rings. The van der Waals surface area contributed by atoms with Gasteiger partial charge in [-0.25, -0.2) is 8.42 Å². The lowest BCUT2D eigenvalue weighted by molar-refractivity contribution is 0.402. The molecule has 2 rings (SSSR count). The molecule has 1 saturated heterocycles. The zero-order valence-electron chi connectivity index (χ0n) is 9.78. The highest BCUT2D eigenvalue weighted by molar-refractivity contribution is 7.89. The zero-order valence-corrected chi connectivity index (χ0v) is 10.6. The van der Waals surface area contributed by atoms with Crippen LogP contribution in [0.5, 0.6) is 0 Å². The van der Waals surface area contributed by atoms with E-state index in [4.69, 9.17) is 0 Å². The molecule has 0 unspecified atom stereocenters. The fourth-order valence-corrected chi connectivity index (χ4v) is 4.39. The SMILES string of the molecule is CC1=CCCN(S(=O)(=O)C2CCNCC2)C1. The summed E-state index contributed by atoms with van der Waals surface area (Å²) in [5, 5.41) is 3.04. The van der Waals surface area contributed by atoms with E-state index >= 15 is 0 Å². The maximum atomic E-state index is 12.4. The van der Waals surface area contributed by atoms with Gasteiger partial charge in [-0.05, 0) is 39.3 Å². The number of nitrogens with one attached hydrogen (secondary N) is 1. The first kappa shape index (κ1) is 12.1. The Hall–Kier alpha value is -0.390. The van der Waals surface area contributed by atoms with E-state index in [1.165, 1.54) is 5.57 Å². The summed E-state index contributed by atoms with van der Waals surface area (Å²) in [5.74, 6) is 0. The van der Waals surface area contributed by atoms with Crippen molar-refractivity contribution < 1.29 is 8.42 Å². The van der Waals surface area contributed by atoms with E-state index in [0.29, 0.717) is 13.1 Å². The fourth-order valence-electron chi connectivity index (χ4n) is 2.40. The molecule has 1 fully saturated rings. The van der Waals surface area contributed by atoms with Crippen molar-refractivity contribution in [3.8, 4) is 0 Å². The van der Waals surface area contributed by atoms with Gasteiger partial charge in [-0.2, -0.15) is 4.31 Å². The predicted octanol–water partition coefficient (Wildman–Crippen LogP) is 0.720. The van der Waals surface area contributed by atoms with Crippen molar-refractivity contribution in [2.24, 2.45) is 0 Å². The van der Waals surface area contributed by atoms with Crippen LogP contribution in [0.1, 0.15) is 26.2 Å². The minimum atomic E-state index is -3.07. The molecule has 0 aromatic heterocycles. The highest BCUT2D eigenvalue weighted by atomic mass is 32.2. The van der Waals surface area contributed by atoms with Gasteiger partial charge in [0.25, 0.3) is 0 Å². The Morgan fingerprint density at radius 2 is 2.06 bits per heavy atom. The van der Waals surface area contributed by atoms with E-state index in [9.17, 15) is 8.42 Å². The Kier molecular flexibility index (Phi) is 3.66. The summed E-state index contributed by atoms with van der Waals surface area (Å²) >= 11 is 0. The molecule has 92 valence electrons. The lowest BCUT2D eigenvalue weighted by Gasteiger charge is -2.31. The van der Waals surface area contributed by atoms with Gasteiger partial charge in [-0.15, -0.1) is 0 Å². The van der Waals surface area contributed by atoms with Gasteiger partial charge in [0.1, 0.15) is 0 Å². The minimum Gasteiger partial charge on any atom is -0.317 e. The number of nitrogens with zero attached hydrogens (tertiary/aromatic N) is 1. The topological polar surface area (TPSA) is 49.4 Å². The van der Waals surface area contributed by atoms with Crippen LogP contribution in [-0.2, 0) is 10.0 Å². The average molecular weight is 244 g/mol. The molecule has 0 saturated carbocycles. The third-order valence-corrected chi connectivity index (χ3v) is 5.71. The van der Waals surface area contributed by atoms with Crippen molar-refractivity contribution in [2.45, 2.75) is 31.4 Å². The summed E-state index contributed by atoms with van der Waals surface area (Å²) in [6.45, 7) is 4.90. The Labute approximate surface area is 97.8 Å². The molecule has 0 aliphatic carbocycles. The molecule has 2 aliphatic heterocycles. The first-order valence-electron chi connectivity index (χ1n) is 5.96. The number of rotatable bonds is 2. The van der Waals surface area contributed by atoms with Gasteiger partial charge in [0, 0.05) is 13.1 Å². The van der Waals surface area contributed by atoms with Crippen molar-refractivity contribution in [3.63, 3.8) is 0 Å². The average Bonchev–Trinajstić information content (AvgIpc) is 2.30. The van der Waals surface area contributed by atoms with Gasteiger partial charge in [0.2, 0.25) is 10.0 Å². The number of piperidine rings is 1. The highest BCUT2D eigenvalue weighted by Gasteiger charge is 2.33. The summed E-state index contributed by atoms with van der Waals surface area (Å²) in [6, 6.07) is 0. The second kappa shape index (κ2) is 4.85. The van der Waals surface area contributed by atoms with Crippen molar-refractivity contribution in [3.05, 3.63) is 11.6 Å². The van der Waals surface area contributed by atoms with E-state index in [-0.39, 0.29) is 5.25 Å². The second-order valence-corrected chi connectivity index (χ2v) is 6.88. The predicted molar refractivity (Wildman–Crippen MR) is 64.8 cm³/mol. The van der Waals surface area contributed by atoms with Crippen LogP contribution in [-0.4, -0.2) is 44.2 Å². The normalized spacial score (nSPS) is 25.4. The maximum Gasteiger partial charge on any atom is 0.217 e. The van der Waals surface area contributed by atoms with E-state index in [2.05, 4.69) is 11.4 Å². The highest BCUT2D eigenvalue weighted by Crippen LogP contribution is 2.21. The molecule has 0 aromatic carbocycles. The Balaban J connectivity index is 2.09. The Bertz CT molecular complexity index is 369. The van der Waals surface area contributed by atoms with E-state index in [1.807, 2.05) is 6.92 Å². The largest absolute Gasteiger partial charge is 0.317 e. The molecule has 5 heteroatoms. The van der Waals surface area contributed by atoms with Crippen LogP contribution in [0.3, 0.4) is 0 Å². The molecule has 0 bridgehead atoms. The van der Waals surface area contributed by atoms with Gasteiger partial charge < -0.3 is 5.32 Å². The van der Waals surface area contributed by atoms with E-state index in [0.717, 1.165) is 32.4 Å². The Morgan fingerprint density at radius 1 is 1.38 bits per heavy atom. The standard InChI is InChI=1S/C11H20N2O2S/c1-10-3-2-8-13(9-10)16(14,15)11-4-6-12-7-5-11/h3,11-12H,2,4-9H2,1H3. The minimum absolute atomic E-state index is 0.167. The maximum absolute atomic E-state index is 12.4. The van der Waals surface area contributed by atoms with E-state index < -0.39 is 10.0 Å². The molecule has 16 heavy (non-hydrogen) atoms. The number of sulfonamides is 1. The quantitative estimate of drug-likeness (QED) is 0.728. The molecule has 0 atom stereocenters. The molecular formula is C11H20N2O2S. The summed E-state index contributed by atoms with van der Waals surface area (Å²) in [4.78, 5) is 0. The van der Waals surface area contributed by atoms with Gasteiger partial charge in [0.05, 0.1) is 5.25 Å². The van der Waals surface area contributed by atoms with Crippen LogP contribution in [0.15, 0.2) is 11.6 Å². The second-order valence-electron chi connectivity index (χ2n) is 4.67. The van der Waals surface area contributed by atoms with Crippen LogP contribution in [0, 0.1) is 0 Å². The van der Waals surface area contributed by atoms with Crippen molar-refractivity contribution in [2.75, 3.05) is 26.2 Å². The summed E-state index contributed by atoms with van der Waals surface area (Å²) < 4.78 is 26.4. The van der Waals surface area contributed by atoms with Crippen molar-refractivity contribution in [1.29, 1.82) is 0 Å². The van der Waals surface area contributed by atoms with Gasteiger partial charge in [-0.3, -0.25) is 0 Å². The van der Waals surface area contributed by atoms with Crippen molar-refractivity contribution >= 4 is 10.0 Å². The van der Waals surface area contributed by atoms with Gasteiger partial charge in [0.15, 0.2) is 0 Å². The van der Waals surface area contributed by atoms with Crippen LogP contribution in [0.4, 0.5) is 0 Å². The monoisotopic (exact) mass is 244 g/mol. The zero-order chi connectivity index (χ0) is 11.6. The summed E-state index contributed by atoms with van der Waals surface area (Å²) in [6.07, 6.45) is 4.49. The van der Waals surface area contributed by atoms with Crippen LogP contribution in [0.25, 0.3) is 0 Å². The molecule has 0 aromatic rings. The molecule has 0 radical (unpaired) electrons. The van der Waals surface area contributed by atoms with Crippen LogP contribution < -0.4 is 5.32 Å². The van der Waals surface area contributed by atoms with E-state index in [1.54, 1.807) is 4.31 Å². The van der Waals surface area contributed by atoms with Gasteiger partial charge in [-0.1, -0.05) is 11.6 Å². The molecule has 1 N–H and O–H groups in total. The third-order valence-electron chi connectivity index (χ3n) is 3.36. The van der Waals surface area contributed by atoms with Crippen molar-refractivity contribution in [1.82, 2.24) is 9.62 Å². The first-order valence-corrected chi connectivity index (χ1v) is 7.46. The molecule has 0 amide bonds. The molecule has 4 nitrogen and oxygen atoms in total. The lowest BCUT2D eigenvalue weighted by atomic mass is 10.2. The Morgan fingerprint density at radius 3 is 2.69 bits per heavy atom. The number of hydrogen-bond donors (Lipinski definition) is 1. The molecular weight excluding hydrogens is 224 g/mol. The number of hydrogen-bond acceptors (Lipinski definition) is 3. The van der Waals surface area contributed by atoms with Crippen LogP contribution >= 0.6 is 0 Å². The smallest absolute Gasteiger partial charge is 0.217 e. The first-order chi connectivity index (χ1) is 7.60. The summed E-state index contributed by atoms with van der Waals surface area (Å²) in [7, 11) is -3.07. The van der Waals surface area contributed by atoms with Gasteiger partial charge >= 0.3 is 0 Å². The lowest BCUT2D eigenvalue weighted by Crippen LogP contribution is -2.45. The summed E-state index contributed by atoms with van der Waals surface area (Å²) in [5.41, 5.74) is 1.17. The fraction of sp³-hybridized carbons (Fsp3) is 0.818. The molecule has 2 heterocycles.